The molecule has 1 saturated heterocycles. The van der Waals surface area contributed by atoms with Gasteiger partial charge >= 0.3 is 5.97 Å². The summed E-state index contributed by atoms with van der Waals surface area (Å²) < 4.78 is 13.6. The molecular formula is C15H17FN2O4. The molecule has 1 aliphatic heterocycles. The van der Waals surface area contributed by atoms with Crippen molar-refractivity contribution in [3.63, 3.8) is 0 Å². The third-order valence-corrected chi connectivity index (χ3v) is 3.66. The first-order chi connectivity index (χ1) is 10.4. The molecule has 22 heavy (non-hydrogen) atoms. The van der Waals surface area contributed by atoms with E-state index in [2.05, 4.69) is 5.32 Å². The zero-order valence-corrected chi connectivity index (χ0v) is 12.1. The average molecular weight is 308 g/mol. The lowest BCUT2D eigenvalue weighted by Gasteiger charge is -2.30. The van der Waals surface area contributed by atoms with E-state index in [1.807, 2.05) is 0 Å². The Balaban J connectivity index is 2.10. The summed E-state index contributed by atoms with van der Waals surface area (Å²) in [5, 5.41) is 11.3. The summed E-state index contributed by atoms with van der Waals surface area (Å²) in [6.45, 7) is 1.95. The van der Waals surface area contributed by atoms with Gasteiger partial charge in [0.2, 0.25) is 5.91 Å². The van der Waals surface area contributed by atoms with Crippen LogP contribution in [0.3, 0.4) is 0 Å². The lowest BCUT2D eigenvalue weighted by atomic mass is 9.96. The van der Waals surface area contributed by atoms with Crippen LogP contribution in [0.1, 0.15) is 30.1 Å². The molecular weight excluding hydrogens is 291 g/mol. The monoisotopic (exact) mass is 308 g/mol. The molecule has 0 atom stereocenters. The van der Waals surface area contributed by atoms with Gasteiger partial charge in [0, 0.05) is 25.6 Å². The Labute approximate surface area is 126 Å². The summed E-state index contributed by atoms with van der Waals surface area (Å²) in [5.41, 5.74) is 0.220. The third kappa shape index (κ3) is 3.60. The van der Waals surface area contributed by atoms with Crippen LogP contribution in [0, 0.1) is 11.7 Å². The Hall–Kier alpha value is -2.44. The van der Waals surface area contributed by atoms with Crippen molar-refractivity contribution in [1.82, 2.24) is 4.90 Å². The van der Waals surface area contributed by atoms with E-state index < -0.39 is 23.6 Å². The summed E-state index contributed by atoms with van der Waals surface area (Å²) >= 11 is 0. The molecule has 0 aromatic heterocycles. The molecule has 118 valence electrons. The maximum Gasteiger partial charge on any atom is 0.306 e. The first-order valence-electron chi connectivity index (χ1n) is 6.97. The SMILES string of the molecule is CC(=O)Nc1cc(C(=O)N2CCC(C(=O)O)CC2)ccc1F. The van der Waals surface area contributed by atoms with Gasteiger partial charge < -0.3 is 15.3 Å². The third-order valence-electron chi connectivity index (χ3n) is 3.66. The Morgan fingerprint density at radius 1 is 1.27 bits per heavy atom. The van der Waals surface area contributed by atoms with Crippen molar-refractivity contribution in [2.24, 2.45) is 5.92 Å². The van der Waals surface area contributed by atoms with Crippen LogP contribution in [0.2, 0.25) is 0 Å². The van der Waals surface area contributed by atoms with Crippen molar-refractivity contribution in [3.05, 3.63) is 29.6 Å². The van der Waals surface area contributed by atoms with Crippen LogP contribution in [0.25, 0.3) is 0 Å². The number of likely N-dealkylation sites (tertiary alicyclic amines) is 1. The zero-order chi connectivity index (χ0) is 16.3. The van der Waals surface area contributed by atoms with Gasteiger partial charge in [-0.1, -0.05) is 0 Å². The molecule has 0 unspecified atom stereocenters. The van der Waals surface area contributed by atoms with Gasteiger partial charge in [-0.3, -0.25) is 14.4 Å². The summed E-state index contributed by atoms with van der Waals surface area (Å²) in [4.78, 5) is 35.8. The van der Waals surface area contributed by atoms with Gasteiger partial charge in [-0.15, -0.1) is 0 Å². The predicted molar refractivity (Wildman–Crippen MR) is 77.0 cm³/mol. The number of carbonyl (C=O) groups is 3. The fraction of sp³-hybridized carbons (Fsp3) is 0.400. The molecule has 6 nitrogen and oxygen atoms in total. The highest BCUT2D eigenvalue weighted by Gasteiger charge is 2.27. The van der Waals surface area contributed by atoms with Crippen molar-refractivity contribution < 1.29 is 23.9 Å². The lowest BCUT2D eigenvalue weighted by molar-refractivity contribution is -0.143. The van der Waals surface area contributed by atoms with Crippen molar-refractivity contribution in [2.45, 2.75) is 19.8 Å². The number of aliphatic carboxylic acids is 1. The highest BCUT2D eigenvalue weighted by Crippen LogP contribution is 2.21. The van der Waals surface area contributed by atoms with Crippen LogP contribution in [-0.4, -0.2) is 40.9 Å². The summed E-state index contributed by atoms with van der Waals surface area (Å²) in [5.74, 6) is -2.61. The largest absolute Gasteiger partial charge is 0.481 e. The van der Waals surface area contributed by atoms with Gasteiger partial charge in [-0.25, -0.2) is 4.39 Å². The van der Waals surface area contributed by atoms with Gasteiger partial charge in [-0.05, 0) is 31.0 Å². The minimum atomic E-state index is -0.846. The van der Waals surface area contributed by atoms with Crippen molar-refractivity contribution in [2.75, 3.05) is 18.4 Å². The van der Waals surface area contributed by atoms with Gasteiger partial charge in [0.15, 0.2) is 0 Å². The Kier molecular flexibility index (Phi) is 4.75. The van der Waals surface area contributed by atoms with E-state index in [9.17, 15) is 18.8 Å². The maximum absolute atomic E-state index is 13.6. The van der Waals surface area contributed by atoms with Crippen molar-refractivity contribution in [3.8, 4) is 0 Å². The first-order valence-corrected chi connectivity index (χ1v) is 6.97. The molecule has 7 heteroatoms. The molecule has 0 aliphatic carbocycles. The second-order valence-electron chi connectivity index (χ2n) is 5.28. The highest BCUT2D eigenvalue weighted by atomic mass is 19.1. The number of amides is 2. The number of hydrogen-bond donors (Lipinski definition) is 2. The number of nitrogens with zero attached hydrogens (tertiary/aromatic N) is 1. The number of anilines is 1. The van der Waals surface area contributed by atoms with Gasteiger partial charge in [0.1, 0.15) is 5.82 Å². The molecule has 2 N–H and O–H groups in total. The summed E-state index contributed by atoms with van der Waals surface area (Å²) in [7, 11) is 0. The van der Waals surface area contributed by atoms with E-state index in [-0.39, 0.29) is 17.2 Å². The van der Waals surface area contributed by atoms with Crippen LogP contribution in [0.4, 0.5) is 10.1 Å². The number of carboxylic acid groups (broad SMARTS) is 1. The Morgan fingerprint density at radius 3 is 2.45 bits per heavy atom. The van der Waals surface area contributed by atoms with Gasteiger partial charge in [0.25, 0.3) is 5.91 Å². The number of rotatable bonds is 3. The number of benzene rings is 1. The Bertz CT molecular complexity index is 610. The molecule has 0 saturated carbocycles. The topological polar surface area (TPSA) is 86.7 Å². The minimum absolute atomic E-state index is 0.0428. The van der Waals surface area contributed by atoms with Crippen LogP contribution in [0.5, 0.6) is 0 Å². The van der Waals surface area contributed by atoms with E-state index in [4.69, 9.17) is 5.11 Å². The lowest BCUT2D eigenvalue weighted by Crippen LogP contribution is -2.40. The van der Waals surface area contributed by atoms with Crippen LogP contribution >= 0.6 is 0 Å². The average Bonchev–Trinajstić information content (AvgIpc) is 2.48. The molecule has 1 aliphatic rings. The zero-order valence-electron chi connectivity index (χ0n) is 12.1. The second kappa shape index (κ2) is 6.55. The summed E-state index contributed by atoms with van der Waals surface area (Å²) in [6, 6.07) is 3.77. The van der Waals surface area contributed by atoms with E-state index >= 15 is 0 Å². The fourth-order valence-corrected chi connectivity index (χ4v) is 2.46. The predicted octanol–water partition coefficient (Wildman–Crippen LogP) is 1.72. The fourth-order valence-electron chi connectivity index (χ4n) is 2.46. The van der Waals surface area contributed by atoms with Crippen molar-refractivity contribution in [1.29, 1.82) is 0 Å². The maximum atomic E-state index is 13.6. The molecule has 2 rings (SSSR count). The van der Waals surface area contributed by atoms with E-state index in [0.29, 0.717) is 25.9 Å². The van der Waals surface area contributed by atoms with Crippen LogP contribution in [-0.2, 0) is 9.59 Å². The number of halogens is 1. The minimum Gasteiger partial charge on any atom is -0.481 e. The van der Waals surface area contributed by atoms with E-state index in [0.717, 1.165) is 6.07 Å². The van der Waals surface area contributed by atoms with E-state index in [1.165, 1.54) is 19.1 Å². The quantitative estimate of drug-likeness (QED) is 0.890. The molecule has 0 spiro atoms. The van der Waals surface area contributed by atoms with Crippen molar-refractivity contribution >= 4 is 23.5 Å². The molecule has 1 aromatic rings. The number of hydrogen-bond acceptors (Lipinski definition) is 3. The Morgan fingerprint density at radius 2 is 1.91 bits per heavy atom. The van der Waals surface area contributed by atoms with Gasteiger partial charge in [-0.2, -0.15) is 0 Å². The molecule has 0 radical (unpaired) electrons. The molecule has 0 bridgehead atoms. The summed E-state index contributed by atoms with van der Waals surface area (Å²) in [6.07, 6.45) is 0.807. The molecule has 1 aromatic carbocycles. The van der Waals surface area contributed by atoms with Gasteiger partial charge in [0.05, 0.1) is 11.6 Å². The smallest absolute Gasteiger partial charge is 0.306 e. The number of piperidine rings is 1. The normalized spacial score (nSPS) is 15.5. The number of nitrogens with one attached hydrogen (secondary N) is 1. The molecule has 1 heterocycles. The van der Waals surface area contributed by atoms with E-state index in [1.54, 1.807) is 4.90 Å². The molecule has 1 fully saturated rings. The molecule has 2 amide bonds. The highest BCUT2D eigenvalue weighted by molar-refractivity contribution is 5.97. The number of carboxylic acids is 1. The first kappa shape index (κ1) is 15.9. The standard InChI is InChI=1S/C15H17FN2O4/c1-9(19)17-13-8-11(2-3-12(13)16)14(20)18-6-4-10(5-7-18)15(21)22/h2-3,8,10H,4-7H2,1H3,(H,17,19)(H,21,22). The van der Waals surface area contributed by atoms with Crippen LogP contribution in [0.15, 0.2) is 18.2 Å². The second-order valence-corrected chi connectivity index (χ2v) is 5.28. The van der Waals surface area contributed by atoms with Crippen LogP contribution < -0.4 is 5.32 Å². The number of carbonyl (C=O) groups excluding carboxylic acids is 2.